The lowest BCUT2D eigenvalue weighted by Crippen LogP contribution is -2.17. The predicted octanol–water partition coefficient (Wildman–Crippen LogP) is 5.01. The zero-order valence-electron chi connectivity index (χ0n) is 12.4. The Hall–Kier alpha value is -1.77. The number of hydrogen-bond donors (Lipinski definition) is 1. The first-order chi connectivity index (χ1) is 10.1. The van der Waals surface area contributed by atoms with Crippen molar-refractivity contribution >= 4 is 22.6 Å². The highest BCUT2D eigenvalue weighted by Gasteiger charge is 2.18. The van der Waals surface area contributed by atoms with Crippen molar-refractivity contribution in [2.75, 3.05) is 7.05 Å². The van der Waals surface area contributed by atoms with E-state index in [1.54, 1.807) is 0 Å². The summed E-state index contributed by atoms with van der Waals surface area (Å²) in [5.41, 5.74) is 4.33. The normalized spacial score (nSPS) is 12.8. The summed E-state index contributed by atoms with van der Waals surface area (Å²) < 4.78 is 6.08. The molecule has 0 amide bonds. The van der Waals surface area contributed by atoms with E-state index in [1.807, 2.05) is 26.1 Å². The van der Waals surface area contributed by atoms with E-state index in [0.717, 1.165) is 38.4 Å². The van der Waals surface area contributed by atoms with Gasteiger partial charge in [-0.25, -0.2) is 0 Å². The van der Waals surface area contributed by atoms with Gasteiger partial charge in [0.2, 0.25) is 0 Å². The van der Waals surface area contributed by atoms with Gasteiger partial charge < -0.3 is 9.73 Å². The van der Waals surface area contributed by atoms with Crippen molar-refractivity contribution in [3.8, 4) is 0 Å². The summed E-state index contributed by atoms with van der Waals surface area (Å²) in [5.74, 6) is 0.920. The Bertz CT molecular complexity index is 791. The summed E-state index contributed by atoms with van der Waals surface area (Å²) in [6, 6.07) is 14.4. The van der Waals surface area contributed by atoms with E-state index in [2.05, 4.69) is 42.6 Å². The van der Waals surface area contributed by atoms with Crippen LogP contribution in [-0.4, -0.2) is 7.05 Å². The lowest BCUT2D eigenvalue weighted by atomic mass is 10.0. The zero-order valence-corrected chi connectivity index (χ0v) is 13.2. The molecule has 0 saturated carbocycles. The number of aryl methyl sites for hydroxylation is 2. The van der Waals surface area contributed by atoms with Gasteiger partial charge in [0, 0.05) is 10.4 Å². The first-order valence-corrected chi connectivity index (χ1v) is 7.40. The van der Waals surface area contributed by atoms with Crippen molar-refractivity contribution in [2.45, 2.75) is 19.9 Å². The number of para-hydroxylation sites is 1. The molecule has 1 N–H and O–H groups in total. The molecule has 0 aliphatic rings. The van der Waals surface area contributed by atoms with Crippen LogP contribution in [0.3, 0.4) is 0 Å². The van der Waals surface area contributed by atoms with Crippen LogP contribution in [0.2, 0.25) is 5.02 Å². The van der Waals surface area contributed by atoms with Crippen LogP contribution in [0, 0.1) is 13.8 Å². The monoisotopic (exact) mass is 299 g/mol. The van der Waals surface area contributed by atoms with Crippen LogP contribution in [0.4, 0.5) is 0 Å². The second-order valence-electron chi connectivity index (χ2n) is 5.37. The molecule has 21 heavy (non-hydrogen) atoms. The van der Waals surface area contributed by atoms with Crippen LogP contribution in [0.15, 0.2) is 46.9 Å². The minimum absolute atomic E-state index is 0.0211. The summed E-state index contributed by atoms with van der Waals surface area (Å²) in [6.07, 6.45) is 0. The molecule has 3 rings (SSSR count). The molecule has 1 atom stereocenters. The third-order valence-corrected chi connectivity index (χ3v) is 4.27. The number of furan rings is 1. The quantitative estimate of drug-likeness (QED) is 0.735. The highest BCUT2D eigenvalue weighted by molar-refractivity contribution is 6.31. The fourth-order valence-corrected chi connectivity index (χ4v) is 2.81. The summed E-state index contributed by atoms with van der Waals surface area (Å²) in [4.78, 5) is 0. The van der Waals surface area contributed by atoms with E-state index >= 15 is 0 Å². The van der Waals surface area contributed by atoms with Crippen molar-refractivity contribution in [3.63, 3.8) is 0 Å². The van der Waals surface area contributed by atoms with Gasteiger partial charge in [0.05, 0.1) is 6.04 Å². The maximum absolute atomic E-state index is 6.12. The lowest BCUT2D eigenvalue weighted by Gasteiger charge is -2.15. The van der Waals surface area contributed by atoms with E-state index in [4.69, 9.17) is 16.0 Å². The Morgan fingerprint density at radius 3 is 2.52 bits per heavy atom. The van der Waals surface area contributed by atoms with Crippen LogP contribution in [0.5, 0.6) is 0 Å². The van der Waals surface area contributed by atoms with Gasteiger partial charge in [-0.1, -0.05) is 41.9 Å². The number of nitrogens with one attached hydrogen (secondary N) is 1. The van der Waals surface area contributed by atoms with Crippen molar-refractivity contribution in [3.05, 3.63) is 69.9 Å². The number of rotatable bonds is 3. The Balaban J connectivity index is 2.09. The standard InChI is InChI=1S/C18H18ClNO/c1-11-5-4-6-14-10-16(21-18(11)14)17(20-3)13-7-8-15(19)12(2)9-13/h4-10,17,20H,1-3H3. The smallest absolute Gasteiger partial charge is 0.137 e. The van der Waals surface area contributed by atoms with Gasteiger partial charge in [0.25, 0.3) is 0 Å². The van der Waals surface area contributed by atoms with Crippen molar-refractivity contribution in [1.82, 2.24) is 5.32 Å². The summed E-state index contributed by atoms with van der Waals surface area (Å²) >= 11 is 6.12. The molecule has 108 valence electrons. The SMILES string of the molecule is CNC(c1ccc(Cl)c(C)c1)c1cc2cccc(C)c2o1. The first-order valence-electron chi connectivity index (χ1n) is 7.02. The van der Waals surface area contributed by atoms with Crippen LogP contribution >= 0.6 is 11.6 Å². The van der Waals surface area contributed by atoms with Crippen molar-refractivity contribution in [2.24, 2.45) is 0 Å². The van der Waals surface area contributed by atoms with E-state index in [1.165, 1.54) is 0 Å². The summed E-state index contributed by atoms with van der Waals surface area (Å²) in [6.45, 7) is 4.08. The van der Waals surface area contributed by atoms with Crippen molar-refractivity contribution < 1.29 is 4.42 Å². The van der Waals surface area contributed by atoms with Crippen LogP contribution in [0.25, 0.3) is 11.0 Å². The molecule has 3 heteroatoms. The Morgan fingerprint density at radius 1 is 1.05 bits per heavy atom. The Labute approximate surface area is 129 Å². The number of benzene rings is 2. The third-order valence-electron chi connectivity index (χ3n) is 3.85. The summed E-state index contributed by atoms with van der Waals surface area (Å²) in [7, 11) is 1.94. The molecule has 0 saturated heterocycles. The molecule has 2 aromatic carbocycles. The van der Waals surface area contributed by atoms with E-state index in [9.17, 15) is 0 Å². The van der Waals surface area contributed by atoms with E-state index in [0.29, 0.717) is 0 Å². The van der Waals surface area contributed by atoms with Gasteiger partial charge in [-0.2, -0.15) is 0 Å². The zero-order chi connectivity index (χ0) is 15.0. The number of fused-ring (bicyclic) bond motifs is 1. The molecule has 1 heterocycles. The highest BCUT2D eigenvalue weighted by Crippen LogP contribution is 2.31. The number of halogens is 1. The maximum atomic E-state index is 6.12. The molecule has 1 unspecified atom stereocenters. The Morgan fingerprint density at radius 2 is 1.86 bits per heavy atom. The van der Waals surface area contributed by atoms with Gasteiger partial charge in [-0.15, -0.1) is 0 Å². The highest BCUT2D eigenvalue weighted by atomic mass is 35.5. The second-order valence-corrected chi connectivity index (χ2v) is 5.78. The molecule has 0 spiro atoms. The lowest BCUT2D eigenvalue weighted by molar-refractivity contribution is 0.490. The molecule has 2 nitrogen and oxygen atoms in total. The molecule has 3 aromatic rings. The van der Waals surface area contributed by atoms with Crippen molar-refractivity contribution in [1.29, 1.82) is 0 Å². The molecule has 1 aromatic heterocycles. The molecule has 0 bridgehead atoms. The first kappa shape index (κ1) is 14.2. The predicted molar refractivity (Wildman–Crippen MR) is 88.0 cm³/mol. The minimum atomic E-state index is 0.0211. The topological polar surface area (TPSA) is 25.2 Å². The van der Waals surface area contributed by atoms with Crippen LogP contribution in [0.1, 0.15) is 28.5 Å². The van der Waals surface area contributed by atoms with Gasteiger partial charge >= 0.3 is 0 Å². The third kappa shape index (κ3) is 2.57. The van der Waals surface area contributed by atoms with Gasteiger partial charge in [0.15, 0.2) is 0 Å². The minimum Gasteiger partial charge on any atom is -0.459 e. The van der Waals surface area contributed by atoms with Crippen LogP contribution in [-0.2, 0) is 0 Å². The molecule has 0 fully saturated rings. The van der Waals surface area contributed by atoms with Gasteiger partial charge in [0.1, 0.15) is 11.3 Å². The summed E-state index contributed by atoms with van der Waals surface area (Å²) in [5, 5.41) is 5.25. The Kier molecular flexibility index (Phi) is 3.75. The second kappa shape index (κ2) is 5.55. The van der Waals surface area contributed by atoms with E-state index < -0.39 is 0 Å². The molecule has 0 radical (unpaired) electrons. The average molecular weight is 300 g/mol. The molecular weight excluding hydrogens is 282 g/mol. The maximum Gasteiger partial charge on any atom is 0.137 e. The fourth-order valence-electron chi connectivity index (χ4n) is 2.69. The molecular formula is C18H18ClNO. The largest absolute Gasteiger partial charge is 0.459 e. The van der Waals surface area contributed by atoms with Crippen LogP contribution < -0.4 is 5.32 Å². The fraction of sp³-hybridized carbons (Fsp3) is 0.222. The molecule has 0 aliphatic carbocycles. The number of hydrogen-bond acceptors (Lipinski definition) is 2. The van der Waals surface area contributed by atoms with Gasteiger partial charge in [-0.05, 0) is 49.7 Å². The van der Waals surface area contributed by atoms with Gasteiger partial charge in [-0.3, -0.25) is 0 Å². The molecule has 0 aliphatic heterocycles. The average Bonchev–Trinajstić information content (AvgIpc) is 2.89. The van der Waals surface area contributed by atoms with E-state index in [-0.39, 0.29) is 6.04 Å².